The highest BCUT2D eigenvalue weighted by atomic mass is 16.6. The second-order valence-electron chi connectivity index (χ2n) is 22.0. The summed E-state index contributed by atoms with van der Waals surface area (Å²) in [4.78, 5) is 38.0. The first-order valence-electron chi connectivity index (χ1n) is 32.2. The molecule has 6 nitrogen and oxygen atoms in total. The number of allylic oxidation sites excluding steroid dienone is 2. The van der Waals surface area contributed by atoms with E-state index in [1.54, 1.807) is 0 Å². The molecule has 0 radical (unpaired) electrons. The molecule has 6 heteroatoms. The number of hydrogen-bond acceptors (Lipinski definition) is 6. The fraction of sp³-hybridized carbons (Fsp3) is 0.923. The Kier molecular flexibility index (Phi) is 59.1. The van der Waals surface area contributed by atoms with E-state index in [9.17, 15) is 14.4 Å². The van der Waals surface area contributed by atoms with Crippen LogP contribution >= 0.6 is 0 Å². The Hall–Kier alpha value is -1.85. The van der Waals surface area contributed by atoms with Gasteiger partial charge in [-0.3, -0.25) is 14.4 Å². The Morgan fingerprint density at radius 1 is 0.268 bits per heavy atom. The molecule has 0 rings (SSSR count). The molecule has 1 atom stereocenters. The summed E-state index contributed by atoms with van der Waals surface area (Å²) in [5.74, 6) is -0.861. The molecule has 0 saturated carbocycles. The van der Waals surface area contributed by atoms with Gasteiger partial charge in [-0.2, -0.15) is 0 Å². The van der Waals surface area contributed by atoms with Gasteiger partial charge in [0, 0.05) is 19.3 Å². The van der Waals surface area contributed by atoms with Crippen molar-refractivity contribution in [3.8, 4) is 0 Å². The maximum absolute atomic E-state index is 12.8. The van der Waals surface area contributed by atoms with Gasteiger partial charge in [-0.1, -0.05) is 315 Å². The maximum Gasteiger partial charge on any atom is 0.306 e. The van der Waals surface area contributed by atoms with E-state index in [4.69, 9.17) is 14.2 Å². The molecule has 1 unspecified atom stereocenters. The third-order valence-electron chi connectivity index (χ3n) is 14.8. The Bertz CT molecular complexity index is 1100. The minimum absolute atomic E-state index is 0.0682. The van der Waals surface area contributed by atoms with E-state index in [1.165, 1.54) is 263 Å². The molecule has 0 saturated heterocycles. The Labute approximate surface area is 443 Å². The van der Waals surface area contributed by atoms with E-state index < -0.39 is 6.10 Å². The lowest BCUT2D eigenvalue weighted by atomic mass is 10.0. The van der Waals surface area contributed by atoms with Gasteiger partial charge in [0.15, 0.2) is 6.10 Å². The van der Waals surface area contributed by atoms with Crippen LogP contribution < -0.4 is 0 Å². The zero-order chi connectivity index (χ0) is 51.4. The molecule has 0 aromatic carbocycles. The van der Waals surface area contributed by atoms with Gasteiger partial charge in [-0.25, -0.2) is 0 Å². The molecule has 0 amide bonds. The number of esters is 3. The van der Waals surface area contributed by atoms with E-state index in [0.717, 1.165) is 64.2 Å². The van der Waals surface area contributed by atoms with Gasteiger partial charge < -0.3 is 14.2 Å². The van der Waals surface area contributed by atoms with Gasteiger partial charge in [0.2, 0.25) is 0 Å². The third-order valence-corrected chi connectivity index (χ3v) is 14.8. The summed E-state index contributed by atoms with van der Waals surface area (Å²) in [7, 11) is 0. The molecule has 0 aliphatic rings. The SMILES string of the molecule is CCCCCCCC/C=C\CCCCCCCC(=O)OC(COC(=O)CCCCCCCCC)COC(=O)CCCCCCCCCCCCCCCCCCCCCCCCCCCCCCCCC. The van der Waals surface area contributed by atoms with Gasteiger partial charge in [0.1, 0.15) is 13.2 Å². The predicted octanol–water partition coefficient (Wildman–Crippen LogP) is 21.7. The first-order valence-corrected chi connectivity index (χ1v) is 32.2. The Balaban J connectivity index is 3.95. The number of carbonyl (C=O) groups is 3. The van der Waals surface area contributed by atoms with Gasteiger partial charge in [-0.05, 0) is 44.9 Å². The summed E-state index contributed by atoms with van der Waals surface area (Å²) in [6, 6.07) is 0. The first kappa shape index (κ1) is 69.2. The molecule has 0 aromatic heterocycles. The lowest BCUT2D eigenvalue weighted by molar-refractivity contribution is -0.167. The van der Waals surface area contributed by atoms with Crippen LogP contribution in [0.2, 0.25) is 0 Å². The zero-order valence-electron chi connectivity index (χ0n) is 48.3. The van der Waals surface area contributed by atoms with Crippen LogP contribution in [0.15, 0.2) is 12.2 Å². The molecular formula is C65H124O6. The molecule has 0 fully saturated rings. The quantitative estimate of drug-likeness (QED) is 0.0261. The van der Waals surface area contributed by atoms with Crippen LogP contribution in [0.25, 0.3) is 0 Å². The summed E-state index contributed by atoms with van der Waals surface area (Å²) < 4.78 is 16.8. The van der Waals surface area contributed by atoms with Crippen molar-refractivity contribution in [2.75, 3.05) is 13.2 Å². The van der Waals surface area contributed by atoms with Crippen LogP contribution in [-0.4, -0.2) is 37.2 Å². The smallest absolute Gasteiger partial charge is 0.306 e. The second-order valence-corrected chi connectivity index (χ2v) is 22.0. The molecule has 0 aliphatic heterocycles. The van der Waals surface area contributed by atoms with Crippen LogP contribution in [-0.2, 0) is 28.6 Å². The van der Waals surface area contributed by atoms with E-state index in [2.05, 4.69) is 32.9 Å². The predicted molar refractivity (Wildman–Crippen MR) is 307 cm³/mol. The van der Waals surface area contributed by atoms with Crippen molar-refractivity contribution in [3.05, 3.63) is 12.2 Å². The monoisotopic (exact) mass is 1000 g/mol. The molecular weight excluding hydrogens is 877 g/mol. The van der Waals surface area contributed by atoms with Gasteiger partial charge in [-0.15, -0.1) is 0 Å². The summed E-state index contributed by atoms with van der Waals surface area (Å²) in [5, 5.41) is 0. The van der Waals surface area contributed by atoms with Crippen LogP contribution in [0.1, 0.15) is 367 Å². The maximum atomic E-state index is 12.8. The van der Waals surface area contributed by atoms with Crippen molar-refractivity contribution in [2.24, 2.45) is 0 Å². The van der Waals surface area contributed by atoms with Crippen molar-refractivity contribution in [1.29, 1.82) is 0 Å². The Morgan fingerprint density at radius 3 is 0.704 bits per heavy atom. The van der Waals surface area contributed by atoms with Crippen LogP contribution in [0, 0.1) is 0 Å². The van der Waals surface area contributed by atoms with E-state index in [1.807, 2.05) is 0 Å². The van der Waals surface area contributed by atoms with Crippen molar-refractivity contribution >= 4 is 17.9 Å². The summed E-state index contributed by atoms with van der Waals surface area (Å²) in [5.41, 5.74) is 0. The lowest BCUT2D eigenvalue weighted by Crippen LogP contribution is -2.30. The third kappa shape index (κ3) is 58.9. The minimum atomic E-state index is -0.768. The number of unbranched alkanes of at least 4 members (excludes halogenated alkanes) is 47. The number of hydrogen-bond donors (Lipinski definition) is 0. The lowest BCUT2D eigenvalue weighted by Gasteiger charge is -2.18. The molecule has 0 heterocycles. The number of rotatable bonds is 60. The first-order chi connectivity index (χ1) is 35.0. The standard InChI is InChI=1S/C65H124O6/c1-4-7-10-13-16-18-20-22-24-25-26-27-28-29-30-31-32-33-34-35-36-37-38-39-41-42-44-46-49-52-55-58-64(67)70-61-62(60-69-63(66)57-54-51-48-15-12-9-6-3)71-65(68)59-56-53-50-47-45-43-40-23-21-19-17-14-11-8-5-2/h23,40,62H,4-22,24-39,41-61H2,1-3H3/b40-23-. The van der Waals surface area contributed by atoms with E-state index >= 15 is 0 Å². The molecule has 71 heavy (non-hydrogen) atoms. The van der Waals surface area contributed by atoms with Gasteiger partial charge in [0.05, 0.1) is 0 Å². The summed E-state index contributed by atoms with van der Waals surface area (Å²) >= 11 is 0. The molecule has 0 aromatic rings. The highest BCUT2D eigenvalue weighted by Crippen LogP contribution is 2.18. The fourth-order valence-corrected chi connectivity index (χ4v) is 9.91. The van der Waals surface area contributed by atoms with Crippen LogP contribution in [0.5, 0.6) is 0 Å². The topological polar surface area (TPSA) is 78.9 Å². The highest BCUT2D eigenvalue weighted by molar-refractivity contribution is 5.71. The zero-order valence-corrected chi connectivity index (χ0v) is 48.3. The average molecular weight is 1000 g/mol. The minimum Gasteiger partial charge on any atom is -0.462 e. The van der Waals surface area contributed by atoms with Crippen molar-refractivity contribution in [1.82, 2.24) is 0 Å². The number of ether oxygens (including phenoxy) is 3. The van der Waals surface area contributed by atoms with E-state index in [-0.39, 0.29) is 31.1 Å². The van der Waals surface area contributed by atoms with Crippen molar-refractivity contribution in [3.63, 3.8) is 0 Å². The summed E-state index contributed by atoms with van der Waals surface area (Å²) in [6.45, 7) is 6.64. The van der Waals surface area contributed by atoms with Gasteiger partial charge >= 0.3 is 17.9 Å². The summed E-state index contributed by atoms with van der Waals surface area (Å²) in [6.07, 6.45) is 71.3. The Morgan fingerprint density at radius 2 is 0.465 bits per heavy atom. The van der Waals surface area contributed by atoms with Crippen molar-refractivity contribution in [2.45, 2.75) is 374 Å². The average Bonchev–Trinajstić information content (AvgIpc) is 3.37. The van der Waals surface area contributed by atoms with Crippen LogP contribution in [0.4, 0.5) is 0 Å². The van der Waals surface area contributed by atoms with E-state index in [0.29, 0.717) is 19.3 Å². The molecule has 0 spiro atoms. The molecule has 0 N–H and O–H groups in total. The second kappa shape index (κ2) is 60.7. The number of carbonyl (C=O) groups excluding carboxylic acids is 3. The van der Waals surface area contributed by atoms with Crippen LogP contribution in [0.3, 0.4) is 0 Å². The highest BCUT2D eigenvalue weighted by Gasteiger charge is 2.19. The molecule has 0 bridgehead atoms. The van der Waals surface area contributed by atoms with Gasteiger partial charge in [0.25, 0.3) is 0 Å². The largest absolute Gasteiger partial charge is 0.462 e. The molecule has 420 valence electrons. The normalized spacial score (nSPS) is 12.0. The molecule has 0 aliphatic carbocycles. The van der Waals surface area contributed by atoms with Crippen molar-refractivity contribution < 1.29 is 28.6 Å². The fourth-order valence-electron chi connectivity index (χ4n) is 9.91.